The molecule has 3 aliphatic rings. The minimum Gasteiger partial charge on any atom is -0.311 e. The number of hydrogen-bond acceptors (Lipinski definition) is 2. The lowest BCUT2D eigenvalue weighted by atomic mass is 9.33. The molecule has 1 aromatic heterocycles. The second-order valence-corrected chi connectivity index (χ2v) is 33.6. The first-order chi connectivity index (χ1) is 50.6. The summed E-state index contributed by atoms with van der Waals surface area (Å²) in [6.07, 6.45) is 0. The molecule has 0 atom stereocenters. The van der Waals surface area contributed by atoms with Crippen molar-refractivity contribution in [3.63, 3.8) is 0 Å². The molecule has 0 saturated heterocycles. The molecule has 105 heavy (non-hydrogen) atoms. The summed E-state index contributed by atoms with van der Waals surface area (Å²) in [7, 11) is 0. The van der Waals surface area contributed by atoms with Gasteiger partial charge >= 0.3 is 0 Å². The van der Waals surface area contributed by atoms with Crippen LogP contribution in [0.4, 0.5) is 34.1 Å². The van der Waals surface area contributed by atoms with Crippen molar-refractivity contribution in [1.82, 2.24) is 4.57 Å². The third-order valence-electron chi connectivity index (χ3n) is 23.1. The standard InChI is InChI=1S/C101H88BN3/c1-97(2,3)71-49-54-87(81(59-71)67-36-22-15-23-37-67)104-91-58-68(76-43-30-46-80-79-42-28-29-47-84(79)101(94(76)80,69-38-24-16-25-39-69)70-40-26-17-27-41-70)48-53-85(91)102-86-62-74(100(10,11)12)52-57-90(86)105(96-77(65-32-18-13-19-33-65)44-31-45-78(96)66-34-20-14-21-35-66)93-64-75(63-92(104)95(93)102)103-88-55-50-72(98(4,5)6)60-82(88)83-61-73(99(7,8)9)51-56-89(83)103/h13-64H,1-12H3. The number of nitrogens with zero attached hydrogens (tertiary/aromatic N) is 3. The van der Waals surface area contributed by atoms with Crippen molar-refractivity contribution < 1.29 is 0 Å². The molecule has 0 fully saturated rings. The number of anilines is 6. The third-order valence-corrected chi connectivity index (χ3v) is 23.1. The summed E-state index contributed by atoms with van der Waals surface area (Å²) in [5.74, 6) is 0. The molecule has 3 nitrogen and oxygen atoms in total. The van der Waals surface area contributed by atoms with Gasteiger partial charge in [-0.25, -0.2) is 0 Å². The molecule has 4 heteroatoms. The Morgan fingerprint density at radius 2 is 0.705 bits per heavy atom. The van der Waals surface area contributed by atoms with Crippen LogP contribution in [0, 0.1) is 0 Å². The molecule has 0 radical (unpaired) electrons. The maximum Gasteiger partial charge on any atom is 0.252 e. The molecular formula is C101H88BN3. The van der Waals surface area contributed by atoms with Crippen molar-refractivity contribution in [3.8, 4) is 61.3 Å². The van der Waals surface area contributed by atoms with Gasteiger partial charge in [-0.3, -0.25) is 0 Å². The van der Waals surface area contributed by atoms with Crippen LogP contribution >= 0.6 is 0 Å². The number of hydrogen-bond donors (Lipinski definition) is 0. The summed E-state index contributed by atoms with van der Waals surface area (Å²) in [5, 5.41) is 2.50. The number of benzene rings is 14. The largest absolute Gasteiger partial charge is 0.311 e. The molecular weight excluding hydrogens is 1270 g/mol. The van der Waals surface area contributed by atoms with Gasteiger partial charge in [-0.2, -0.15) is 0 Å². The lowest BCUT2D eigenvalue weighted by molar-refractivity contribution is 0.590. The van der Waals surface area contributed by atoms with Crippen LogP contribution in [-0.4, -0.2) is 11.3 Å². The van der Waals surface area contributed by atoms with Gasteiger partial charge in [0.05, 0.1) is 33.5 Å². The first kappa shape index (κ1) is 65.6. The smallest absolute Gasteiger partial charge is 0.252 e. The minimum absolute atomic E-state index is 0.0846. The normalized spacial score (nSPS) is 13.7. The van der Waals surface area contributed by atoms with E-state index in [2.05, 4.69) is 413 Å². The number of para-hydroxylation sites is 1. The van der Waals surface area contributed by atoms with Gasteiger partial charge in [-0.15, -0.1) is 0 Å². The zero-order valence-corrected chi connectivity index (χ0v) is 62.4. The van der Waals surface area contributed by atoms with Crippen molar-refractivity contribution in [3.05, 3.63) is 360 Å². The number of fused-ring (bicyclic) bond motifs is 10. The summed E-state index contributed by atoms with van der Waals surface area (Å²) in [4.78, 5) is 5.41. The molecule has 0 bridgehead atoms. The molecule has 510 valence electrons. The highest BCUT2D eigenvalue weighted by Gasteiger charge is 2.49. The summed E-state index contributed by atoms with van der Waals surface area (Å²) in [6.45, 7) is 28.0. The Balaban J connectivity index is 1.02. The van der Waals surface area contributed by atoms with Crippen LogP contribution in [0.5, 0.6) is 0 Å². The lowest BCUT2D eigenvalue weighted by Gasteiger charge is -2.46. The first-order valence-electron chi connectivity index (χ1n) is 37.6. The Labute approximate surface area is 620 Å². The zero-order valence-electron chi connectivity index (χ0n) is 62.4. The Morgan fingerprint density at radius 1 is 0.276 bits per heavy atom. The molecule has 0 amide bonds. The molecule has 0 N–H and O–H groups in total. The van der Waals surface area contributed by atoms with E-state index in [0.29, 0.717) is 0 Å². The highest BCUT2D eigenvalue weighted by Crippen LogP contribution is 2.60. The van der Waals surface area contributed by atoms with Crippen LogP contribution in [0.25, 0.3) is 83.1 Å². The highest BCUT2D eigenvalue weighted by molar-refractivity contribution is 7.00. The van der Waals surface area contributed by atoms with Gasteiger partial charge in [0.25, 0.3) is 6.71 Å². The second-order valence-electron chi connectivity index (χ2n) is 33.6. The maximum absolute atomic E-state index is 2.72. The highest BCUT2D eigenvalue weighted by atomic mass is 15.2. The average Bonchev–Trinajstić information content (AvgIpc) is 1.58. The fourth-order valence-corrected chi connectivity index (χ4v) is 17.8. The average molecular weight is 1350 g/mol. The van der Waals surface area contributed by atoms with E-state index >= 15 is 0 Å². The van der Waals surface area contributed by atoms with Crippen molar-refractivity contribution in [2.24, 2.45) is 0 Å². The molecule has 0 unspecified atom stereocenters. The summed E-state index contributed by atoms with van der Waals surface area (Å²) in [6, 6.07) is 121. The van der Waals surface area contributed by atoms with Crippen LogP contribution in [0.3, 0.4) is 0 Å². The molecule has 14 aromatic carbocycles. The van der Waals surface area contributed by atoms with Crippen molar-refractivity contribution in [2.45, 2.75) is 110 Å². The van der Waals surface area contributed by atoms with E-state index < -0.39 is 5.41 Å². The summed E-state index contributed by atoms with van der Waals surface area (Å²) >= 11 is 0. The Kier molecular flexibility index (Phi) is 15.2. The third kappa shape index (κ3) is 10.5. The monoisotopic (exact) mass is 1350 g/mol. The molecule has 0 spiro atoms. The molecule has 18 rings (SSSR count). The fraction of sp³-hybridized carbons (Fsp3) is 0.168. The van der Waals surface area contributed by atoms with Gasteiger partial charge in [0.1, 0.15) is 0 Å². The SMILES string of the molecule is CC(C)(C)c1ccc2c(c1)B1c3ccc(-c4cccc5c4C(c4ccccc4)(c4ccccc4)c4ccccc4-5)cc3N(c3ccc(C(C)(C)C)cc3-c3ccccc3)c3cc(-n4c5ccc(C(C)(C)C)cc5c5cc(C(C)(C)C)ccc54)cc(c31)N2c1c(-c2ccccc2)cccc1-c1ccccc1. The van der Waals surface area contributed by atoms with E-state index in [1.807, 2.05) is 0 Å². The van der Waals surface area contributed by atoms with Crippen molar-refractivity contribution in [1.29, 1.82) is 0 Å². The van der Waals surface area contributed by atoms with Gasteiger partial charge in [-0.1, -0.05) is 338 Å². The summed E-state index contributed by atoms with van der Waals surface area (Å²) in [5.41, 5.74) is 35.0. The van der Waals surface area contributed by atoms with Crippen LogP contribution in [-0.2, 0) is 27.1 Å². The first-order valence-corrected chi connectivity index (χ1v) is 37.6. The van der Waals surface area contributed by atoms with Gasteiger partial charge in [-0.05, 0) is 182 Å². The lowest BCUT2D eigenvalue weighted by Crippen LogP contribution is -2.61. The molecule has 1 aliphatic carbocycles. The van der Waals surface area contributed by atoms with Crippen molar-refractivity contribution >= 4 is 79.0 Å². The van der Waals surface area contributed by atoms with E-state index in [9.17, 15) is 0 Å². The molecule has 0 saturated carbocycles. The predicted octanol–water partition coefficient (Wildman–Crippen LogP) is 25.1. The van der Waals surface area contributed by atoms with E-state index in [0.717, 1.165) is 73.2 Å². The minimum atomic E-state index is -0.645. The quantitative estimate of drug-likeness (QED) is 0.133. The van der Waals surface area contributed by atoms with Crippen LogP contribution in [0.1, 0.15) is 128 Å². The fourth-order valence-electron chi connectivity index (χ4n) is 17.8. The van der Waals surface area contributed by atoms with E-state index in [1.165, 1.54) is 105 Å². The van der Waals surface area contributed by atoms with E-state index in [4.69, 9.17) is 0 Å². The van der Waals surface area contributed by atoms with Crippen LogP contribution in [0.2, 0.25) is 0 Å². The van der Waals surface area contributed by atoms with Crippen LogP contribution < -0.4 is 26.2 Å². The Morgan fingerprint density at radius 3 is 1.24 bits per heavy atom. The van der Waals surface area contributed by atoms with Gasteiger partial charge in [0.2, 0.25) is 0 Å². The molecule has 15 aromatic rings. The Hall–Kier alpha value is -11.5. The van der Waals surface area contributed by atoms with E-state index in [1.54, 1.807) is 0 Å². The van der Waals surface area contributed by atoms with Crippen molar-refractivity contribution in [2.75, 3.05) is 9.80 Å². The Bertz CT molecular complexity index is 5770. The zero-order chi connectivity index (χ0) is 72.1. The number of rotatable bonds is 9. The summed E-state index contributed by atoms with van der Waals surface area (Å²) < 4.78 is 2.61. The predicted molar refractivity (Wildman–Crippen MR) is 449 cm³/mol. The molecule has 3 heterocycles. The molecule has 2 aliphatic heterocycles. The van der Waals surface area contributed by atoms with Gasteiger partial charge < -0.3 is 14.4 Å². The van der Waals surface area contributed by atoms with Gasteiger partial charge in [0.15, 0.2) is 0 Å². The topological polar surface area (TPSA) is 11.4 Å². The van der Waals surface area contributed by atoms with E-state index in [-0.39, 0.29) is 28.4 Å². The van der Waals surface area contributed by atoms with Crippen LogP contribution in [0.15, 0.2) is 315 Å². The maximum atomic E-state index is 2.72. The van der Waals surface area contributed by atoms with Gasteiger partial charge in [0, 0.05) is 50.2 Å². The second kappa shape index (κ2) is 24.3. The number of aromatic nitrogens is 1.